The molecule has 6 atom stereocenters. The Morgan fingerprint density at radius 2 is 1.88 bits per heavy atom. The molecule has 0 bridgehead atoms. The van der Waals surface area contributed by atoms with Crippen molar-refractivity contribution in [2.45, 2.75) is 71.8 Å². The van der Waals surface area contributed by atoms with Crippen LogP contribution < -0.4 is 5.32 Å². The standard InChI is InChI=1S/C22H33NO/c1-5-17-20(24)13-19-16-7-6-14-12-15(23-4)8-10-21(14,2)18(16)9-11-22(17,19)3/h5-6,15-16,18-19,23H,7-13H2,1-4H3/b17-5-/t15-,16+,18-,19-,21-,22+/m0/s1. The van der Waals surface area contributed by atoms with Gasteiger partial charge in [-0.15, -0.1) is 0 Å². The fourth-order valence-corrected chi connectivity index (χ4v) is 7.06. The topological polar surface area (TPSA) is 29.1 Å². The zero-order valence-corrected chi connectivity index (χ0v) is 15.8. The van der Waals surface area contributed by atoms with E-state index < -0.39 is 0 Å². The second-order valence-electron chi connectivity index (χ2n) is 9.27. The zero-order chi connectivity index (χ0) is 17.1. The zero-order valence-electron chi connectivity index (χ0n) is 15.8. The number of carbonyl (C=O) groups excluding carboxylic acids is 1. The van der Waals surface area contributed by atoms with Crippen LogP contribution in [0.4, 0.5) is 0 Å². The monoisotopic (exact) mass is 327 g/mol. The quantitative estimate of drug-likeness (QED) is 0.560. The second kappa shape index (κ2) is 5.56. The number of hydrogen-bond donors (Lipinski definition) is 1. The molecule has 1 N–H and O–H groups in total. The fraction of sp³-hybridized carbons (Fsp3) is 0.773. The molecule has 2 heteroatoms. The first-order valence-electron chi connectivity index (χ1n) is 10.0. The predicted octanol–water partition coefficient (Wildman–Crippen LogP) is 4.66. The van der Waals surface area contributed by atoms with Crippen LogP contribution in [0, 0.1) is 28.6 Å². The molecule has 0 aromatic carbocycles. The lowest BCUT2D eigenvalue weighted by molar-refractivity contribution is -0.115. The summed E-state index contributed by atoms with van der Waals surface area (Å²) in [5.74, 6) is 2.51. The lowest BCUT2D eigenvalue weighted by Crippen LogP contribution is -2.50. The van der Waals surface area contributed by atoms with E-state index in [2.05, 4.69) is 45.3 Å². The summed E-state index contributed by atoms with van der Waals surface area (Å²) in [6, 6.07) is 0.664. The van der Waals surface area contributed by atoms with Crippen LogP contribution >= 0.6 is 0 Å². The van der Waals surface area contributed by atoms with Gasteiger partial charge in [-0.3, -0.25) is 4.79 Å². The van der Waals surface area contributed by atoms with Gasteiger partial charge in [0.2, 0.25) is 0 Å². The van der Waals surface area contributed by atoms with Crippen molar-refractivity contribution in [1.29, 1.82) is 0 Å². The van der Waals surface area contributed by atoms with Crippen molar-refractivity contribution in [3.8, 4) is 0 Å². The summed E-state index contributed by atoms with van der Waals surface area (Å²) in [7, 11) is 2.11. The number of allylic oxidation sites excluding steroid dienone is 3. The van der Waals surface area contributed by atoms with E-state index in [-0.39, 0.29) is 5.41 Å². The Morgan fingerprint density at radius 3 is 2.58 bits per heavy atom. The van der Waals surface area contributed by atoms with Gasteiger partial charge in [0.05, 0.1) is 0 Å². The maximum absolute atomic E-state index is 12.6. The van der Waals surface area contributed by atoms with Crippen LogP contribution in [0.25, 0.3) is 0 Å². The highest BCUT2D eigenvalue weighted by molar-refractivity contribution is 5.99. The van der Waals surface area contributed by atoms with E-state index >= 15 is 0 Å². The SMILES string of the molecule is C/C=C1/C(=O)C[C@H]2[C@@H]3CC=C4C[C@@H](NC)CC[C@]4(C)[C@H]3CC[C@]12C. The molecule has 0 amide bonds. The van der Waals surface area contributed by atoms with Gasteiger partial charge in [0.1, 0.15) is 0 Å². The highest BCUT2D eigenvalue weighted by Gasteiger charge is 2.59. The Morgan fingerprint density at radius 1 is 1.12 bits per heavy atom. The van der Waals surface area contributed by atoms with Crippen LogP contribution in [0.3, 0.4) is 0 Å². The van der Waals surface area contributed by atoms with E-state index in [0.29, 0.717) is 29.1 Å². The van der Waals surface area contributed by atoms with Gasteiger partial charge in [-0.05, 0) is 86.7 Å². The molecule has 132 valence electrons. The molecular weight excluding hydrogens is 294 g/mol. The molecule has 0 aliphatic heterocycles. The molecule has 0 unspecified atom stereocenters. The summed E-state index contributed by atoms with van der Waals surface area (Å²) in [5, 5.41) is 3.50. The van der Waals surface area contributed by atoms with Crippen LogP contribution in [0.1, 0.15) is 65.7 Å². The average molecular weight is 328 g/mol. The smallest absolute Gasteiger partial charge is 0.159 e. The van der Waals surface area contributed by atoms with Gasteiger partial charge in [0, 0.05) is 12.5 Å². The van der Waals surface area contributed by atoms with Crippen molar-refractivity contribution in [2.24, 2.45) is 28.6 Å². The van der Waals surface area contributed by atoms with E-state index in [4.69, 9.17) is 0 Å². The Bertz CT molecular complexity index is 617. The molecule has 2 nitrogen and oxygen atoms in total. The fourth-order valence-electron chi connectivity index (χ4n) is 7.06. The number of rotatable bonds is 1. The molecule has 24 heavy (non-hydrogen) atoms. The molecule has 3 fully saturated rings. The first kappa shape index (κ1) is 16.6. The highest BCUT2D eigenvalue weighted by Crippen LogP contribution is 2.65. The lowest BCUT2D eigenvalue weighted by Gasteiger charge is -2.57. The first-order chi connectivity index (χ1) is 11.4. The van der Waals surface area contributed by atoms with E-state index in [1.165, 1.54) is 38.5 Å². The second-order valence-corrected chi connectivity index (χ2v) is 9.27. The number of nitrogens with one attached hydrogen (secondary N) is 1. The molecule has 4 aliphatic rings. The minimum absolute atomic E-state index is 0.150. The summed E-state index contributed by atoms with van der Waals surface area (Å²) in [6.07, 6.45) is 13.1. The molecular formula is C22H33NO. The molecule has 0 saturated heterocycles. The molecule has 4 rings (SSSR count). The number of fused-ring (bicyclic) bond motifs is 5. The van der Waals surface area contributed by atoms with Gasteiger partial charge in [0.25, 0.3) is 0 Å². The van der Waals surface area contributed by atoms with E-state index in [1.807, 2.05) is 0 Å². The van der Waals surface area contributed by atoms with Crippen LogP contribution in [0.5, 0.6) is 0 Å². The molecule has 3 saturated carbocycles. The van der Waals surface area contributed by atoms with Crippen LogP contribution in [-0.4, -0.2) is 18.9 Å². The minimum atomic E-state index is 0.150. The molecule has 0 radical (unpaired) electrons. The molecule has 4 aliphatic carbocycles. The summed E-state index contributed by atoms with van der Waals surface area (Å²) in [6.45, 7) is 6.98. The van der Waals surface area contributed by atoms with E-state index in [9.17, 15) is 4.79 Å². The predicted molar refractivity (Wildman–Crippen MR) is 98.7 cm³/mol. The Hall–Kier alpha value is -0.890. The number of hydrogen-bond acceptors (Lipinski definition) is 2. The summed E-state index contributed by atoms with van der Waals surface area (Å²) in [5.41, 5.74) is 3.40. The molecule has 0 aromatic heterocycles. The Balaban J connectivity index is 1.68. The van der Waals surface area contributed by atoms with Crippen molar-refractivity contribution in [3.05, 3.63) is 23.3 Å². The van der Waals surface area contributed by atoms with Gasteiger partial charge >= 0.3 is 0 Å². The molecule has 0 spiro atoms. The normalized spacial score (nSPS) is 49.4. The summed E-state index contributed by atoms with van der Waals surface area (Å²) >= 11 is 0. The average Bonchev–Trinajstić information content (AvgIpc) is 2.83. The van der Waals surface area contributed by atoms with Crippen molar-refractivity contribution in [1.82, 2.24) is 5.32 Å². The van der Waals surface area contributed by atoms with Crippen molar-refractivity contribution < 1.29 is 4.79 Å². The van der Waals surface area contributed by atoms with Crippen LogP contribution in [0.15, 0.2) is 23.3 Å². The van der Waals surface area contributed by atoms with E-state index in [0.717, 1.165) is 17.9 Å². The summed E-state index contributed by atoms with van der Waals surface area (Å²) < 4.78 is 0. The minimum Gasteiger partial charge on any atom is -0.317 e. The van der Waals surface area contributed by atoms with Crippen molar-refractivity contribution in [2.75, 3.05) is 7.05 Å². The third kappa shape index (κ3) is 2.08. The maximum atomic E-state index is 12.6. The first-order valence-corrected chi connectivity index (χ1v) is 10.0. The number of Topliss-reactive ketones (excluding diaryl/α,β-unsaturated/α-hetero) is 1. The van der Waals surface area contributed by atoms with Gasteiger partial charge in [-0.2, -0.15) is 0 Å². The van der Waals surface area contributed by atoms with Gasteiger partial charge in [0.15, 0.2) is 5.78 Å². The maximum Gasteiger partial charge on any atom is 0.159 e. The van der Waals surface area contributed by atoms with Crippen LogP contribution in [-0.2, 0) is 4.79 Å². The van der Waals surface area contributed by atoms with Gasteiger partial charge < -0.3 is 5.32 Å². The Labute approximate surface area is 147 Å². The van der Waals surface area contributed by atoms with Crippen molar-refractivity contribution >= 4 is 5.78 Å². The number of carbonyl (C=O) groups is 1. The lowest BCUT2D eigenvalue weighted by atomic mass is 9.47. The van der Waals surface area contributed by atoms with Crippen molar-refractivity contribution in [3.63, 3.8) is 0 Å². The Kier molecular flexibility index (Phi) is 3.84. The third-order valence-corrected chi connectivity index (χ3v) is 8.51. The third-order valence-electron chi connectivity index (χ3n) is 8.51. The van der Waals surface area contributed by atoms with Gasteiger partial charge in [-0.25, -0.2) is 0 Å². The van der Waals surface area contributed by atoms with E-state index in [1.54, 1.807) is 5.57 Å². The molecule has 0 heterocycles. The highest BCUT2D eigenvalue weighted by atomic mass is 16.1. The number of ketones is 1. The van der Waals surface area contributed by atoms with Gasteiger partial charge in [-0.1, -0.05) is 31.6 Å². The summed E-state index contributed by atoms with van der Waals surface area (Å²) in [4.78, 5) is 12.6. The molecule has 0 aromatic rings. The van der Waals surface area contributed by atoms with Crippen LogP contribution in [0.2, 0.25) is 0 Å². The largest absolute Gasteiger partial charge is 0.317 e.